The van der Waals surface area contributed by atoms with Gasteiger partial charge in [-0.15, -0.1) is 11.3 Å². The van der Waals surface area contributed by atoms with Gasteiger partial charge in [0.2, 0.25) is 10.0 Å². The zero-order valence-corrected chi connectivity index (χ0v) is 14.4. The van der Waals surface area contributed by atoms with Crippen molar-refractivity contribution >= 4 is 21.4 Å². The van der Waals surface area contributed by atoms with Crippen molar-refractivity contribution in [3.8, 4) is 0 Å². The Kier molecular flexibility index (Phi) is 6.19. The molecule has 0 aromatic carbocycles. The van der Waals surface area contributed by atoms with E-state index in [2.05, 4.69) is 14.9 Å². The zero-order valence-electron chi connectivity index (χ0n) is 12.8. The van der Waals surface area contributed by atoms with E-state index < -0.39 is 10.0 Å². The lowest BCUT2D eigenvalue weighted by Gasteiger charge is -2.26. The average molecular weight is 332 g/mol. The van der Waals surface area contributed by atoms with Crippen LogP contribution in [0.2, 0.25) is 0 Å². The molecule has 0 amide bonds. The Morgan fingerprint density at radius 1 is 1.29 bits per heavy atom. The number of thiophene rings is 1. The maximum atomic E-state index is 12.3. The Hall–Kier alpha value is -0.470. The van der Waals surface area contributed by atoms with Crippen LogP contribution in [0.25, 0.3) is 0 Å². The van der Waals surface area contributed by atoms with Gasteiger partial charge in [-0.05, 0) is 51.5 Å². The first-order valence-corrected chi connectivity index (χ1v) is 9.79. The Morgan fingerprint density at radius 3 is 2.67 bits per heavy atom. The van der Waals surface area contributed by atoms with Crippen molar-refractivity contribution in [1.82, 2.24) is 14.9 Å². The molecule has 0 bridgehead atoms. The lowest BCUT2D eigenvalue weighted by Crippen LogP contribution is -2.37. The maximum absolute atomic E-state index is 12.3. The molecule has 2 heterocycles. The molecular weight excluding hydrogens is 306 g/mol. The van der Waals surface area contributed by atoms with E-state index in [-0.39, 0.29) is 0 Å². The topological polar surface area (TPSA) is 61.4 Å². The fraction of sp³-hybridized carbons (Fsp3) is 0.714. The van der Waals surface area contributed by atoms with Gasteiger partial charge in [0, 0.05) is 24.5 Å². The van der Waals surface area contributed by atoms with Crippen LogP contribution in [0.4, 0.5) is 0 Å². The molecule has 1 aromatic heterocycles. The number of rotatable bonds is 7. The molecule has 0 atom stereocenters. The first-order valence-electron chi connectivity index (χ1n) is 7.49. The molecule has 0 unspecified atom stereocenters. The van der Waals surface area contributed by atoms with Crippen LogP contribution in [0.5, 0.6) is 0 Å². The molecule has 5 nitrogen and oxygen atoms in total. The number of nitrogens with one attached hydrogen (secondary N) is 2. The number of sulfonamides is 1. The minimum Gasteiger partial charge on any atom is -0.315 e. The smallest absolute Gasteiger partial charge is 0.250 e. The largest absolute Gasteiger partial charge is 0.315 e. The van der Waals surface area contributed by atoms with E-state index in [0.29, 0.717) is 17.3 Å². The predicted molar refractivity (Wildman–Crippen MR) is 87.3 cm³/mol. The minimum atomic E-state index is -3.37. The second kappa shape index (κ2) is 7.69. The number of hydrogen-bond donors (Lipinski definition) is 2. The highest BCUT2D eigenvalue weighted by Crippen LogP contribution is 2.25. The average Bonchev–Trinajstić information content (AvgIpc) is 2.83. The van der Waals surface area contributed by atoms with Crippen molar-refractivity contribution in [2.75, 3.05) is 33.2 Å². The molecule has 2 rings (SSSR count). The summed E-state index contributed by atoms with van der Waals surface area (Å²) in [4.78, 5) is 3.41. The van der Waals surface area contributed by atoms with Crippen molar-refractivity contribution in [2.24, 2.45) is 0 Å². The van der Waals surface area contributed by atoms with Gasteiger partial charge < -0.3 is 10.2 Å². The van der Waals surface area contributed by atoms with Crippen LogP contribution in [0.1, 0.15) is 29.7 Å². The summed E-state index contributed by atoms with van der Waals surface area (Å²) in [5, 5.41) is 3.06. The Balaban J connectivity index is 1.90. The quantitative estimate of drug-likeness (QED) is 0.796. The van der Waals surface area contributed by atoms with Gasteiger partial charge in [-0.3, -0.25) is 0 Å². The highest BCUT2D eigenvalue weighted by Gasteiger charge is 2.19. The molecule has 0 saturated carbocycles. The Bertz CT molecular complexity index is 549. The molecule has 120 valence electrons. The zero-order chi connectivity index (χ0) is 15.3. The fourth-order valence-corrected chi connectivity index (χ4v) is 5.22. The maximum Gasteiger partial charge on any atom is 0.250 e. The van der Waals surface area contributed by atoms with Crippen LogP contribution in [0.3, 0.4) is 0 Å². The summed E-state index contributed by atoms with van der Waals surface area (Å²) in [6, 6.07) is 1.76. The van der Waals surface area contributed by atoms with Gasteiger partial charge in [0.05, 0.1) is 0 Å². The predicted octanol–water partition coefficient (Wildman–Crippen LogP) is 1.54. The minimum absolute atomic E-state index is 0.420. The molecule has 0 aliphatic carbocycles. The molecule has 1 fully saturated rings. The third kappa shape index (κ3) is 4.75. The van der Waals surface area contributed by atoms with Crippen LogP contribution in [-0.2, 0) is 16.6 Å². The van der Waals surface area contributed by atoms with E-state index >= 15 is 0 Å². The number of hydrogen-bond acceptors (Lipinski definition) is 5. The highest BCUT2D eigenvalue weighted by molar-refractivity contribution is 7.91. The normalized spacial score (nSPS) is 17.2. The second-order valence-corrected chi connectivity index (χ2v) is 8.63. The lowest BCUT2D eigenvalue weighted by atomic mass is 10.1. The molecule has 21 heavy (non-hydrogen) atoms. The van der Waals surface area contributed by atoms with Crippen LogP contribution in [0, 0.1) is 6.92 Å². The van der Waals surface area contributed by atoms with Gasteiger partial charge in [-0.2, -0.15) is 0 Å². The SMILES string of the molecule is CNCc1sc(S(=O)(=O)NCCN2CCCCC2)cc1C. The number of nitrogens with zero attached hydrogens (tertiary/aromatic N) is 1. The van der Waals surface area contributed by atoms with Crippen molar-refractivity contribution in [1.29, 1.82) is 0 Å². The molecule has 1 aliphatic heterocycles. The van der Waals surface area contributed by atoms with Gasteiger partial charge in [0.25, 0.3) is 0 Å². The van der Waals surface area contributed by atoms with E-state index in [4.69, 9.17) is 0 Å². The number of piperidine rings is 1. The molecule has 7 heteroatoms. The summed E-state index contributed by atoms with van der Waals surface area (Å²) in [7, 11) is -1.50. The van der Waals surface area contributed by atoms with Gasteiger partial charge in [-0.25, -0.2) is 13.1 Å². The summed E-state index contributed by atoms with van der Waals surface area (Å²) in [6.45, 7) is 6.13. The Labute approximate surface area is 131 Å². The summed E-state index contributed by atoms with van der Waals surface area (Å²) >= 11 is 1.35. The standard InChI is InChI=1S/C14H25N3O2S2/c1-12-10-14(20-13(12)11-15-2)21(18,19)16-6-9-17-7-4-3-5-8-17/h10,15-16H,3-9,11H2,1-2H3. The third-order valence-electron chi connectivity index (χ3n) is 3.77. The van der Waals surface area contributed by atoms with Crippen molar-refractivity contribution < 1.29 is 8.42 Å². The van der Waals surface area contributed by atoms with Gasteiger partial charge in [0.15, 0.2) is 0 Å². The number of likely N-dealkylation sites (tertiary alicyclic amines) is 1. The van der Waals surface area contributed by atoms with E-state index in [9.17, 15) is 8.42 Å². The molecule has 1 aliphatic rings. The van der Waals surface area contributed by atoms with E-state index in [1.165, 1.54) is 30.6 Å². The van der Waals surface area contributed by atoms with Gasteiger partial charge in [-0.1, -0.05) is 6.42 Å². The fourth-order valence-electron chi connectivity index (χ4n) is 2.55. The highest BCUT2D eigenvalue weighted by atomic mass is 32.2. The molecule has 1 aromatic rings. The van der Waals surface area contributed by atoms with Crippen LogP contribution >= 0.6 is 11.3 Å². The monoisotopic (exact) mass is 331 g/mol. The first kappa shape index (κ1) is 16.9. The van der Waals surface area contributed by atoms with Crippen molar-refractivity contribution in [3.05, 3.63) is 16.5 Å². The van der Waals surface area contributed by atoms with E-state index in [1.54, 1.807) is 6.07 Å². The van der Waals surface area contributed by atoms with Crippen LogP contribution < -0.4 is 10.0 Å². The second-order valence-electron chi connectivity index (χ2n) is 5.50. The molecule has 1 saturated heterocycles. The summed E-state index contributed by atoms with van der Waals surface area (Å²) in [6.07, 6.45) is 3.75. The third-order valence-corrected chi connectivity index (χ3v) is 6.94. The molecular formula is C14H25N3O2S2. The summed E-state index contributed by atoms with van der Waals surface area (Å²) < 4.78 is 27.8. The van der Waals surface area contributed by atoms with Crippen molar-refractivity contribution in [3.63, 3.8) is 0 Å². The Morgan fingerprint density at radius 2 is 2.00 bits per heavy atom. The first-order chi connectivity index (χ1) is 10.0. The molecule has 0 spiro atoms. The van der Waals surface area contributed by atoms with E-state index in [1.807, 2.05) is 14.0 Å². The number of aryl methyl sites for hydroxylation is 1. The molecule has 0 radical (unpaired) electrons. The van der Waals surface area contributed by atoms with Crippen molar-refractivity contribution in [2.45, 2.75) is 36.9 Å². The van der Waals surface area contributed by atoms with E-state index in [0.717, 1.165) is 30.1 Å². The van der Waals surface area contributed by atoms with Gasteiger partial charge in [0.1, 0.15) is 4.21 Å². The summed E-state index contributed by atoms with van der Waals surface area (Å²) in [5.74, 6) is 0. The van der Waals surface area contributed by atoms with Crippen LogP contribution in [-0.4, -0.2) is 46.5 Å². The summed E-state index contributed by atoms with van der Waals surface area (Å²) in [5.41, 5.74) is 1.03. The molecule has 2 N–H and O–H groups in total. The lowest BCUT2D eigenvalue weighted by molar-refractivity contribution is 0.233. The van der Waals surface area contributed by atoms with Gasteiger partial charge >= 0.3 is 0 Å². The van der Waals surface area contributed by atoms with Crippen LogP contribution in [0.15, 0.2) is 10.3 Å².